The van der Waals surface area contributed by atoms with Crippen LogP contribution in [0.15, 0.2) is 72.8 Å². The van der Waals surface area contributed by atoms with E-state index in [4.69, 9.17) is 9.47 Å². The van der Waals surface area contributed by atoms with E-state index in [0.717, 1.165) is 37.6 Å². The van der Waals surface area contributed by atoms with Gasteiger partial charge in [0.05, 0.1) is 13.2 Å². The van der Waals surface area contributed by atoms with Crippen molar-refractivity contribution in [3.05, 3.63) is 72.8 Å². The molecule has 2 heteroatoms. The van der Waals surface area contributed by atoms with E-state index in [9.17, 15) is 0 Å². The SMILES string of the molecule is CCCCCCCCCCCCOc1ccc(-c2ccc(OCCCCCCCCCCCC)c3ccccc23)c2ccccc12. The monoisotopic (exact) mass is 622 g/mol. The molecule has 0 N–H and O–H groups in total. The van der Waals surface area contributed by atoms with E-state index < -0.39 is 0 Å². The van der Waals surface area contributed by atoms with Crippen LogP contribution in [0.2, 0.25) is 0 Å². The van der Waals surface area contributed by atoms with Gasteiger partial charge in [0.25, 0.3) is 0 Å². The summed E-state index contributed by atoms with van der Waals surface area (Å²) in [6.45, 7) is 6.15. The highest BCUT2D eigenvalue weighted by molar-refractivity contribution is 6.08. The lowest BCUT2D eigenvalue weighted by Gasteiger charge is -2.16. The second-order valence-corrected chi connectivity index (χ2v) is 13.4. The van der Waals surface area contributed by atoms with Gasteiger partial charge in [-0.25, -0.2) is 0 Å². The van der Waals surface area contributed by atoms with Crippen molar-refractivity contribution >= 4 is 21.5 Å². The number of benzene rings is 4. The third kappa shape index (κ3) is 11.7. The first-order valence-electron chi connectivity index (χ1n) is 19.1. The van der Waals surface area contributed by atoms with Crippen LogP contribution in [0.3, 0.4) is 0 Å². The van der Waals surface area contributed by atoms with Crippen LogP contribution in [0.25, 0.3) is 32.7 Å². The van der Waals surface area contributed by atoms with E-state index in [1.165, 1.54) is 148 Å². The van der Waals surface area contributed by atoms with Crippen molar-refractivity contribution in [2.24, 2.45) is 0 Å². The van der Waals surface area contributed by atoms with Crippen LogP contribution in [-0.2, 0) is 0 Å². The summed E-state index contributed by atoms with van der Waals surface area (Å²) in [4.78, 5) is 0. The Morgan fingerprint density at radius 1 is 0.326 bits per heavy atom. The van der Waals surface area contributed by atoms with Gasteiger partial charge in [0, 0.05) is 10.8 Å². The smallest absolute Gasteiger partial charge is 0.127 e. The summed E-state index contributed by atoms with van der Waals surface area (Å²) < 4.78 is 12.7. The average molecular weight is 623 g/mol. The van der Waals surface area contributed by atoms with Crippen LogP contribution < -0.4 is 9.47 Å². The molecule has 0 aliphatic heterocycles. The highest BCUT2D eigenvalue weighted by Gasteiger charge is 2.13. The lowest BCUT2D eigenvalue weighted by atomic mass is 9.93. The Hall–Kier alpha value is -3.00. The van der Waals surface area contributed by atoms with Gasteiger partial charge in [0.15, 0.2) is 0 Å². The Labute approximate surface area is 281 Å². The van der Waals surface area contributed by atoms with Crippen molar-refractivity contribution in [1.82, 2.24) is 0 Å². The summed E-state index contributed by atoms with van der Waals surface area (Å²) >= 11 is 0. The molecule has 4 aromatic rings. The van der Waals surface area contributed by atoms with Crippen LogP contribution in [0.5, 0.6) is 11.5 Å². The first-order valence-corrected chi connectivity index (χ1v) is 19.1. The molecular weight excluding hydrogens is 560 g/mol. The van der Waals surface area contributed by atoms with Gasteiger partial charge >= 0.3 is 0 Å². The third-order valence-corrected chi connectivity index (χ3v) is 9.57. The quantitative estimate of drug-likeness (QED) is 0.0685. The molecule has 4 rings (SSSR count). The van der Waals surface area contributed by atoms with Crippen molar-refractivity contribution in [3.8, 4) is 22.6 Å². The lowest BCUT2D eigenvalue weighted by Crippen LogP contribution is -1.99. The molecule has 0 aliphatic rings. The van der Waals surface area contributed by atoms with Gasteiger partial charge in [-0.1, -0.05) is 190 Å². The molecule has 0 saturated carbocycles. The second kappa shape index (κ2) is 21.7. The molecule has 0 radical (unpaired) electrons. The van der Waals surface area contributed by atoms with Crippen molar-refractivity contribution in [2.75, 3.05) is 13.2 Å². The third-order valence-electron chi connectivity index (χ3n) is 9.57. The van der Waals surface area contributed by atoms with Crippen LogP contribution in [-0.4, -0.2) is 13.2 Å². The fourth-order valence-corrected chi connectivity index (χ4v) is 6.81. The van der Waals surface area contributed by atoms with Crippen LogP contribution >= 0.6 is 0 Å². The Morgan fingerprint density at radius 2 is 0.630 bits per heavy atom. The second-order valence-electron chi connectivity index (χ2n) is 13.4. The summed E-state index contributed by atoms with van der Waals surface area (Å²) in [7, 11) is 0. The molecule has 0 aromatic heterocycles. The van der Waals surface area contributed by atoms with Gasteiger partial charge in [-0.2, -0.15) is 0 Å². The van der Waals surface area contributed by atoms with Crippen molar-refractivity contribution in [2.45, 2.75) is 142 Å². The normalized spacial score (nSPS) is 11.4. The number of unbranched alkanes of at least 4 members (excludes halogenated alkanes) is 18. The Kier molecular flexibility index (Phi) is 16.9. The zero-order valence-corrected chi connectivity index (χ0v) is 29.3. The fraction of sp³-hybridized carbons (Fsp3) is 0.545. The molecule has 250 valence electrons. The lowest BCUT2D eigenvalue weighted by molar-refractivity contribution is 0.307. The topological polar surface area (TPSA) is 18.5 Å². The largest absolute Gasteiger partial charge is 0.493 e. The number of hydrogen-bond acceptors (Lipinski definition) is 2. The maximum Gasteiger partial charge on any atom is 0.127 e. The molecule has 2 nitrogen and oxygen atoms in total. The summed E-state index contributed by atoms with van der Waals surface area (Å²) in [6.07, 6.45) is 26.8. The van der Waals surface area contributed by atoms with Gasteiger partial charge < -0.3 is 9.47 Å². The van der Waals surface area contributed by atoms with Gasteiger partial charge in [0.2, 0.25) is 0 Å². The minimum absolute atomic E-state index is 0.786. The predicted octanol–water partition coefficient (Wildman–Crippen LogP) is 14.3. The standard InChI is InChI=1S/C44H62O2/c1-3-5-7-9-11-13-15-17-19-25-35-45-43-33-31-39(37-27-21-23-29-41(37)43)40-32-34-44(42-30-24-22-28-38(40)42)46-36-26-20-18-16-14-12-10-8-6-4-2/h21-24,27-34H,3-20,25-26,35-36H2,1-2H3. The molecule has 46 heavy (non-hydrogen) atoms. The highest BCUT2D eigenvalue weighted by Crippen LogP contribution is 2.40. The first kappa shape index (κ1) is 35.8. The number of ether oxygens (including phenoxy) is 2. The van der Waals surface area contributed by atoms with E-state index in [-0.39, 0.29) is 0 Å². The molecule has 0 aliphatic carbocycles. The van der Waals surface area contributed by atoms with Gasteiger partial charge in [-0.05, 0) is 46.9 Å². The van der Waals surface area contributed by atoms with Crippen LogP contribution in [0.1, 0.15) is 142 Å². The maximum atomic E-state index is 6.37. The van der Waals surface area contributed by atoms with E-state index in [0.29, 0.717) is 0 Å². The molecule has 0 saturated heterocycles. The summed E-state index contributed by atoms with van der Waals surface area (Å²) in [5.41, 5.74) is 2.50. The van der Waals surface area contributed by atoms with Crippen LogP contribution in [0.4, 0.5) is 0 Å². The zero-order valence-electron chi connectivity index (χ0n) is 29.3. The Balaban J connectivity index is 1.30. The minimum atomic E-state index is 0.786. The Morgan fingerprint density at radius 3 is 0.978 bits per heavy atom. The molecule has 0 atom stereocenters. The number of hydrogen-bond donors (Lipinski definition) is 0. The summed E-state index contributed by atoms with van der Waals surface area (Å²) in [6, 6.07) is 26.3. The van der Waals surface area contributed by atoms with E-state index in [1.54, 1.807) is 0 Å². The van der Waals surface area contributed by atoms with Gasteiger partial charge in [0.1, 0.15) is 11.5 Å². The van der Waals surface area contributed by atoms with E-state index in [1.807, 2.05) is 0 Å². The van der Waals surface area contributed by atoms with Crippen molar-refractivity contribution < 1.29 is 9.47 Å². The van der Waals surface area contributed by atoms with E-state index in [2.05, 4.69) is 86.6 Å². The van der Waals surface area contributed by atoms with Gasteiger partial charge in [-0.15, -0.1) is 0 Å². The minimum Gasteiger partial charge on any atom is -0.493 e. The van der Waals surface area contributed by atoms with Crippen molar-refractivity contribution in [1.29, 1.82) is 0 Å². The predicted molar refractivity (Wildman–Crippen MR) is 202 cm³/mol. The first-order chi connectivity index (χ1) is 22.8. The zero-order chi connectivity index (χ0) is 32.1. The van der Waals surface area contributed by atoms with Crippen LogP contribution in [0, 0.1) is 0 Å². The molecule has 0 fully saturated rings. The molecule has 0 amide bonds. The molecule has 0 spiro atoms. The number of rotatable bonds is 25. The summed E-state index contributed by atoms with van der Waals surface area (Å²) in [5.74, 6) is 1.99. The van der Waals surface area contributed by atoms with Gasteiger partial charge in [-0.3, -0.25) is 0 Å². The fourth-order valence-electron chi connectivity index (χ4n) is 6.81. The molecule has 0 unspecified atom stereocenters. The highest BCUT2D eigenvalue weighted by atomic mass is 16.5. The molecule has 0 heterocycles. The van der Waals surface area contributed by atoms with Crippen molar-refractivity contribution in [3.63, 3.8) is 0 Å². The maximum absolute atomic E-state index is 6.37. The molecule has 0 bridgehead atoms. The Bertz CT molecular complexity index is 1280. The molecular formula is C44H62O2. The number of fused-ring (bicyclic) bond motifs is 2. The van der Waals surface area contributed by atoms with E-state index >= 15 is 0 Å². The molecule has 4 aromatic carbocycles. The summed E-state index contributed by atoms with van der Waals surface area (Å²) in [5, 5.41) is 4.87. The average Bonchev–Trinajstić information content (AvgIpc) is 3.09.